The summed E-state index contributed by atoms with van der Waals surface area (Å²) < 4.78 is 8.55. The minimum absolute atomic E-state index is 0.109. The van der Waals surface area contributed by atoms with Crippen LogP contribution in [0.15, 0.2) is 96.2 Å². The number of ether oxygens (including phenoxy) is 1. The lowest BCUT2D eigenvalue weighted by molar-refractivity contribution is 0.305. The zero-order chi connectivity index (χ0) is 20.3. The molecule has 0 amide bonds. The van der Waals surface area contributed by atoms with Gasteiger partial charge in [0.05, 0.1) is 15.9 Å². The molecule has 5 aromatic rings. The van der Waals surface area contributed by atoms with Crippen LogP contribution in [0.2, 0.25) is 0 Å². The van der Waals surface area contributed by atoms with Crippen molar-refractivity contribution in [1.82, 2.24) is 14.5 Å². The molecule has 6 heteroatoms. The molecule has 0 aliphatic carbocycles. The van der Waals surface area contributed by atoms with Crippen LogP contribution in [0.3, 0.4) is 0 Å². The van der Waals surface area contributed by atoms with Gasteiger partial charge in [-0.25, -0.2) is 4.98 Å². The highest BCUT2D eigenvalue weighted by molar-refractivity contribution is 7.20. The molecule has 0 saturated heterocycles. The highest BCUT2D eigenvalue weighted by Crippen LogP contribution is 2.28. The first-order valence-corrected chi connectivity index (χ1v) is 10.3. The van der Waals surface area contributed by atoms with Gasteiger partial charge in [0.2, 0.25) is 0 Å². The molecule has 0 radical (unpaired) electrons. The summed E-state index contributed by atoms with van der Waals surface area (Å²) >= 11 is 1.50. The molecule has 0 atom stereocenters. The third-order valence-electron chi connectivity index (χ3n) is 4.78. The maximum Gasteiger partial charge on any atom is 0.274 e. The van der Waals surface area contributed by atoms with E-state index in [1.807, 2.05) is 66.7 Å². The van der Waals surface area contributed by atoms with Gasteiger partial charge in [-0.1, -0.05) is 41.7 Å². The molecule has 2 aromatic carbocycles. The van der Waals surface area contributed by atoms with E-state index in [9.17, 15) is 4.79 Å². The van der Waals surface area contributed by atoms with Crippen LogP contribution in [0.1, 0.15) is 5.56 Å². The summed E-state index contributed by atoms with van der Waals surface area (Å²) in [5.74, 6) is 0. The number of hydrogen-bond donors (Lipinski definition) is 0. The maximum atomic E-state index is 12.9. The van der Waals surface area contributed by atoms with E-state index in [1.54, 1.807) is 29.2 Å². The van der Waals surface area contributed by atoms with Crippen LogP contribution in [-0.4, -0.2) is 14.5 Å². The van der Waals surface area contributed by atoms with Crippen LogP contribution in [0.5, 0.6) is 5.19 Å². The van der Waals surface area contributed by atoms with Crippen LogP contribution in [-0.2, 0) is 6.61 Å². The summed E-state index contributed by atoms with van der Waals surface area (Å²) in [5.41, 5.74) is 4.42. The highest BCUT2D eigenvalue weighted by Gasteiger charge is 2.09. The van der Waals surface area contributed by atoms with Gasteiger partial charge in [-0.15, -0.1) is 0 Å². The van der Waals surface area contributed by atoms with Gasteiger partial charge < -0.3 is 4.74 Å². The lowest BCUT2D eigenvalue weighted by Crippen LogP contribution is -2.18. The van der Waals surface area contributed by atoms with E-state index >= 15 is 0 Å². The largest absolute Gasteiger partial charge is 0.465 e. The van der Waals surface area contributed by atoms with Gasteiger partial charge in [-0.05, 0) is 47.5 Å². The third kappa shape index (κ3) is 3.60. The Labute approximate surface area is 176 Å². The number of benzene rings is 2. The summed E-state index contributed by atoms with van der Waals surface area (Å²) in [5, 5.41) is 0.600. The fraction of sp³-hybridized carbons (Fsp3) is 0.0417. The molecule has 30 heavy (non-hydrogen) atoms. The van der Waals surface area contributed by atoms with E-state index < -0.39 is 0 Å². The van der Waals surface area contributed by atoms with Crippen LogP contribution >= 0.6 is 11.3 Å². The van der Waals surface area contributed by atoms with Crippen LogP contribution < -0.4 is 10.3 Å². The van der Waals surface area contributed by atoms with Crippen molar-refractivity contribution in [2.75, 3.05) is 0 Å². The Hall–Kier alpha value is -3.77. The smallest absolute Gasteiger partial charge is 0.274 e. The molecular weight excluding hydrogens is 394 g/mol. The summed E-state index contributed by atoms with van der Waals surface area (Å²) in [6.07, 6.45) is 5.29. The van der Waals surface area contributed by atoms with Gasteiger partial charge in [0, 0.05) is 30.2 Å². The average molecular weight is 411 g/mol. The van der Waals surface area contributed by atoms with Gasteiger partial charge in [-0.3, -0.25) is 14.3 Å². The monoisotopic (exact) mass is 411 g/mol. The Balaban J connectivity index is 1.41. The molecule has 0 aliphatic rings. The van der Waals surface area contributed by atoms with Crippen molar-refractivity contribution >= 4 is 21.6 Å². The highest BCUT2D eigenvalue weighted by atomic mass is 32.1. The van der Waals surface area contributed by atoms with Crippen molar-refractivity contribution in [2.45, 2.75) is 6.61 Å². The van der Waals surface area contributed by atoms with E-state index in [0.29, 0.717) is 11.8 Å². The van der Waals surface area contributed by atoms with Crippen LogP contribution in [0.4, 0.5) is 0 Å². The van der Waals surface area contributed by atoms with Gasteiger partial charge in [0.15, 0.2) is 0 Å². The molecule has 3 aromatic heterocycles. The molecule has 3 heterocycles. The molecule has 0 saturated carbocycles. The number of thiazole rings is 1. The minimum Gasteiger partial charge on any atom is -0.465 e. The van der Waals surface area contributed by atoms with Crippen LogP contribution in [0.25, 0.3) is 27.0 Å². The van der Waals surface area contributed by atoms with E-state index in [0.717, 1.165) is 32.6 Å². The van der Waals surface area contributed by atoms with E-state index in [4.69, 9.17) is 4.74 Å². The second kappa shape index (κ2) is 7.93. The SMILES string of the molecule is O=c1cc(COc2nc3ccccc3s2)ccn1-c1ccccc1-c1ccncc1. The summed E-state index contributed by atoms with van der Waals surface area (Å²) in [6.45, 7) is 0.294. The number of pyridine rings is 2. The molecule has 5 nitrogen and oxygen atoms in total. The lowest BCUT2D eigenvalue weighted by atomic mass is 10.0. The molecule has 0 N–H and O–H groups in total. The van der Waals surface area contributed by atoms with Crippen molar-refractivity contribution in [3.05, 3.63) is 107 Å². The predicted octanol–water partition coefficient (Wildman–Crippen LogP) is 5.09. The van der Waals surface area contributed by atoms with Crippen molar-refractivity contribution in [3.63, 3.8) is 0 Å². The first kappa shape index (κ1) is 18.3. The Bertz CT molecular complexity index is 1340. The Morgan fingerprint density at radius 3 is 2.57 bits per heavy atom. The zero-order valence-corrected chi connectivity index (χ0v) is 16.8. The van der Waals surface area contributed by atoms with Crippen molar-refractivity contribution in [3.8, 4) is 22.0 Å². The summed E-state index contributed by atoms with van der Waals surface area (Å²) in [4.78, 5) is 21.4. The summed E-state index contributed by atoms with van der Waals surface area (Å²) in [7, 11) is 0. The molecule has 0 bridgehead atoms. The second-order valence-electron chi connectivity index (χ2n) is 6.73. The minimum atomic E-state index is -0.109. The zero-order valence-electron chi connectivity index (χ0n) is 15.9. The first-order valence-electron chi connectivity index (χ1n) is 9.48. The molecule has 146 valence electrons. The molecule has 0 unspecified atom stereocenters. The lowest BCUT2D eigenvalue weighted by Gasteiger charge is -2.12. The Morgan fingerprint density at radius 1 is 0.933 bits per heavy atom. The number of para-hydroxylation sites is 2. The van der Waals surface area contributed by atoms with Crippen molar-refractivity contribution in [2.24, 2.45) is 0 Å². The van der Waals surface area contributed by atoms with E-state index in [-0.39, 0.29) is 5.56 Å². The Morgan fingerprint density at radius 2 is 1.73 bits per heavy atom. The number of rotatable bonds is 5. The van der Waals surface area contributed by atoms with Gasteiger partial charge in [0.1, 0.15) is 6.61 Å². The van der Waals surface area contributed by atoms with Crippen LogP contribution in [0, 0.1) is 0 Å². The Kier molecular flexibility index (Phi) is 4.83. The normalized spacial score (nSPS) is 10.9. The average Bonchev–Trinajstić information content (AvgIpc) is 3.22. The second-order valence-corrected chi connectivity index (χ2v) is 7.73. The van der Waals surface area contributed by atoms with Gasteiger partial charge >= 0.3 is 0 Å². The number of nitrogens with zero attached hydrogens (tertiary/aromatic N) is 3. The van der Waals surface area contributed by atoms with Gasteiger partial charge in [0.25, 0.3) is 10.8 Å². The molecular formula is C24H17N3O2S. The number of aromatic nitrogens is 3. The standard InChI is InChI=1S/C24H17N3O2S/c28-23-15-17(16-29-24-26-20-6-2-4-8-22(20)30-24)11-14-27(23)21-7-3-1-5-19(21)18-9-12-25-13-10-18/h1-15H,16H2. The van der Waals surface area contributed by atoms with Crippen molar-refractivity contribution < 1.29 is 4.74 Å². The van der Waals surface area contributed by atoms with Crippen molar-refractivity contribution in [1.29, 1.82) is 0 Å². The predicted molar refractivity (Wildman–Crippen MR) is 119 cm³/mol. The first-order chi connectivity index (χ1) is 14.8. The fourth-order valence-electron chi connectivity index (χ4n) is 3.33. The number of hydrogen-bond acceptors (Lipinski definition) is 5. The van der Waals surface area contributed by atoms with E-state index in [2.05, 4.69) is 9.97 Å². The quantitative estimate of drug-likeness (QED) is 0.404. The fourth-order valence-corrected chi connectivity index (χ4v) is 4.14. The molecule has 0 aliphatic heterocycles. The maximum absolute atomic E-state index is 12.9. The third-order valence-corrected chi connectivity index (χ3v) is 5.72. The molecule has 0 spiro atoms. The summed E-state index contributed by atoms with van der Waals surface area (Å²) in [6, 6.07) is 23.1. The van der Waals surface area contributed by atoms with E-state index in [1.165, 1.54) is 11.3 Å². The molecule has 0 fully saturated rings. The van der Waals surface area contributed by atoms with Gasteiger partial charge in [-0.2, -0.15) is 0 Å². The molecule has 5 rings (SSSR count). The number of fused-ring (bicyclic) bond motifs is 1. The topological polar surface area (TPSA) is 57.0 Å².